The molecule has 0 spiro atoms. The van der Waals surface area contributed by atoms with E-state index in [9.17, 15) is 18.0 Å². The van der Waals surface area contributed by atoms with Gasteiger partial charge in [-0.15, -0.1) is 0 Å². The van der Waals surface area contributed by atoms with Crippen LogP contribution in [-0.4, -0.2) is 15.5 Å². The summed E-state index contributed by atoms with van der Waals surface area (Å²) in [7, 11) is 0. The van der Waals surface area contributed by atoms with E-state index in [1.807, 2.05) is 0 Å². The number of nitrogens with zero attached hydrogens (tertiary/aromatic N) is 2. The molecule has 0 fully saturated rings. The highest BCUT2D eigenvalue weighted by Gasteiger charge is 2.38. The van der Waals surface area contributed by atoms with Gasteiger partial charge in [0.25, 0.3) is 0 Å². The van der Waals surface area contributed by atoms with Gasteiger partial charge in [-0.05, 0) is 31.2 Å². The highest BCUT2D eigenvalue weighted by atomic mass is 19.4. The number of benzene rings is 1. The maximum Gasteiger partial charge on any atom is 0.449 e. The van der Waals surface area contributed by atoms with Gasteiger partial charge in [0.05, 0.1) is 23.3 Å². The quantitative estimate of drug-likeness (QED) is 0.792. The largest absolute Gasteiger partial charge is 0.467 e. The second-order valence-electron chi connectivity index (χ2n) is 5.31. The molecule has 1 N–H and O–H groups in total. The van der Waals surface area contributed by atoms with E-state index in [0.29, 0.717) is 5.76 Å². The molecule has 1 amide bonds. The van der Waals surface area contributed by atoms with Crippen LogP contribution in [0, 0.1) is 0 Å². The lowest BCUT2D eigenvalue weighted by Crippen LogP contribution is -2.31. The highest BCUT2D eigenvalue weighted by Crippen LogP contribution is 2.31. The zero-order valence-electron chi connectivity index (χ0n) is 12.7. The molecule has 1 atom stereocenters. The van der Waals surface area contributed by atoms with Crippen molar-refractivity contribution >= 4 is 16.9 Å². The summed E-state index contributed by atoms with van der Waals surface area (Å²) in [5.74, 6) is -1.13. The molecule has 1 unspecified atom stereocenters. The maximum absolute atomic E-state index is 13.2. The van der Waals surface area contributed by atoms with E-state index in [4.69, 9.17) is 4.42 Å². The number of hydrogen-bond donors (Lipinski definition) is 1. The summed E-state index contributed by atoms with van der Waals surface area (Å²) in [6.07, 6.45) is -3.19. The first kappa shape index (κ1) is 16.1. The Morgan fingerprint density at radius 1 is 1.29 bits per heavy atom. The summed E-state index contributed by atoms with van der Waals surface area (Å²) >= 11 is 0. The zero-order valence-corrected chi connectivity index (χ0v) is 12.7. The standard InChI is InChI=1S/C16H14F3N3O2/c1-10(13-7-4-8-24-13)20-14(23)9-22-12-6-3-2-5-11(12)21-15(22)16(17,18)19/h2-8,10H,9H2,1H3,(H,20,23). The van der Waals surface area contributed by atoms with Crippen molar-refractivity contribution in [2.24, 2.45) is 0 Å². The summed E-state index contributed by atoms with van der Waals surface area (Å²) in [5.41, 5.74) is 0.447. The van der Waals surface area contributed by atoms with Crippen LogP contribution in [0.1, 0.15) is 24.6 Å². The molecule has 5 nitrogen and oxygen atoms in total. The van der Waals surface area contributed by atoms with Crippen molar-refractivity contribution in [1.29, 1.82) is 0 Å². The molecule has 24 heavy (non-hydrogen) atoms. The Labute approximate surface area is 135 Å². The van der Waals surface area contributed by atoms with Gasteiger partial charge in [0, 0.05) is 0 Å². The second kappa shape index (κ2) is 6.03. The minimum Gasteiger partial charge on any atom is -0.467 e. The zero-order chi connectivity index (χ0) is 17.3. The number of rotatable bonds is 4. The Morgan fingerprint density at radius 3 is 2.71 bits per heavy atom. The minimum absolute atomic E-state index is 0.191. The van der Waals surface area contributed by atoms with Gasteiger partial charge in [-0.2, -0.15) is 13.2 Å². The number of halogens is 3. The Hall–Kier alpha value is -2.77. The van der Waals surface area contributed by atoms with Crippen LogP contribution in [0.15, 0.2) is 47.1 Å². The van der Waals surface area contributed by atoms with Crippen molar-refractivity contribution in [2.75, 3.05) is 0 Å². The molecule has 0 aliphatic rings. The molecule has 126 valence electrons. The van der Waals surface area contributed by atoms with Crippen LogP contribution in [0.3, 0.4) is 0 Å². The fourth-order valence-electron chi connectivity index (χ4n) is 2.49. The van der Waals surface area contributed by atoms with Crippen molar-refractivity contribution in [3.63, 3.8) is 0 Å². The molecule has 1 aromatic carbocycles. The number of alkyl halides is 3. The van der Waals surface area contributed by atoms with Crippen molar-refractivity contribution in [3.8, 4) is 0 Å². The van der Waals surface area contributed by atoms with E-state index in [0.717, 1.165) is 4.57 Å². The van der Waals surface area contributed by atoms with Crippen molar-refractivity contribution in [1.82, 2.24) is 14.9 Å². The fraction of sp³-hybridized carbons (Fsp3) is 0.250. The third-order valence-corrected chi connectivity index (χ3v) is 3.56. The molecule has 3 aromatic rings. The average Bonchev–Trinajstić information content (AvgIpc) is 3.15. The van der Waals surface area contributed by atoms with Gasteiger partial charge in [-0.3, -0.25) is 4.79 Å². The number of imidazole rings is 1. The molecule has 3 rings (SSSR count). The predicted octanol–water partition coefficient (Wildman–Crippen LogP) is 3.53. The first-order chi connectivity index (χ1) is 11.4. The third kappa shape index (κ3) is 3.12. The third-order valence-electron chi connectivity index (χ3n) is 3.56. The SMILES string of the molecule is CC(NC(=O)Cn1c(C(F)(F)F)nc2ccccc21)c1ccco1. The summed E-state index contributed by atoms with van der Waals surface area (Å²) in [5, 5.41) is 2.62. The van der Waals surface area contributed by atoms with Crippen LogP contribution in [-0.2, 0) is 17.5 Å². The van der Waals surface area contributed by atoms with Gasteiger partial charge < -0.3 is 14.3 Å². The number of fused-ring (bicyclic) bond motifs is 1. The number of amides is 1. The normalized spacial score (nSPS) is 13.2. The monoisotopic (exact) mass is 337 g/mol. The highest BCUT2D eigenvalue weighted by molar-refractivity contribution is 5.81. The van der Waals surface area contributed by atoms with Crippen LogP contribution < -0.4 is 5.32 Å². The number of hydrogen-bond acceptors (Lipinski definition) is 3. The number of para-hydroxylation sites is 2. The Kier molecular flexibility index (Phi) is 4.04. The number of nitrogens with one attached hydrogen (secondary N) is 1. The molecule has 8 heteroatoms. The van der Waals surface area contributed by atoms with E-state index in [1.165, 1.54) is 18.4 Å². The van der Waals surface area contributed by atoms with E-state index in [1.54, 1.807) is 31.2 Å². The van der Waals surface area contributed by atoms with E-state index in [2.05, 4.69) is 10.3 Å². The predicted molar refractivity (Wildman–Crippen MR) is 80.0 cm³/mol. The van der Waals surface area contributed by atoms with Gasteiger partial charge in [0.1, 0.15) is 12.3 Å². The van der Waals surface area contributed by atoms with E-state index >= 15 is 0 Å². The Morgan fingerprint density at radius 2 is 2.04 bits per heavy atom. The molecule has 0 bridgehead atoms. The van der Waals surface area contributed by atoms with Gasteiger partial charge >= 0.3 is 6.18 Å². The summed E-state index contributed by atoms with van der Waals surface area (Å²) in [4.78, 5) is 15.8. The molecule has 2 aromatic heterocycles. The molecule has 0 aliphatic heterocycles. The smallest absolute Gasteiger partial charge is 0.449 e. The Bertz CT molecular complexity index is 853. The van der Waals surface area contributed by atoms with Crippen molar-refractivity contribution in [2.45, 2.75) is 25.7 Å². The van der Waals surface area contributed by atoms with E-state index in [-0.39, 0.29) is 11.0 Å². The van der Waals surface area contributed by atoms with Crippen LogP contribution in [0.25, 0.3) is 11.0 Å². The van der Waals surface area contributed by atoms with E-state index < -0.39 is 30.5 Å². The van der Waals surface area contributed by atoms with Crippen molar-refractivity contribution in [3.05, 3.63) is 54.2 Å². The van der Waals surface area contributed by atoms with Crippen LogP contribution in [0.2, 0.25) is 0 Å². The topological polar surface area (TPSA) is 60.1 Å². The average molecular weight is 337 g/mol. The van der Waals surface area contributed by atoms with Gasteiger partial charge in [-0.1, -0.05) is 12.1 Å². The first-order valence-corrected chi connectivity index (χ1v) is 7.21. The summed E-state index contributed by atoms with van der Waals surface area (Å²) < 4.78 is 45.6. The summed E-state index contributed by atoms with van der Waals surface area (Å²) in [6, 6.07) is 9.08. The minimum atomic E-state index is -4.65. The van der Waals surface area contributed by atoms with Gasteiger partial charge in [-0.25, -0.2) is 4.98 Å². The molecule has 0 saturated carbocycles. The number of carbonyl (C=O) groups is 1. The number of aromatic nitrogens is 2. The Balaban J connectivity index is 1.87. The lowest BCUT2D eigenvalue weighted by molar-refractivity contribution is -0.147. The fourth-order valence-corrected chi connectivity index (χ4v) is 2.49. The maximum atomic E-state index is 13.2. The van der Waals surface area contributed by atoms with Crippen LogP contribution in [0.5, 0.6) is 0 Å². The molecule has 0 saturated heterocycles. The molecule has 0 radical (unpaired) electrons. The second-order valence-corrected chi connectivity index (χ2v) is 5.31. The number of carbonyl (C=O) groups excluding carboxylic acids is 1. The molecular formula is C16H14F3N3O2. The van der Waals surface area contributed by atoms with Crippen LogP contribution >= 0.6 is 0 Å². The van der Waals surface area contributed by atoms with Crippen molar-refractivity contribution < 1.29 is 22.4 Å². The van der Waals surface area contributed by atoms with Gasteiger partial charge in [0.2, 0.25) is 11.7 Å². The molecule has 0 aliphatic carbocycles. The molecular weight excluding hydrogens is 323 g/mol. The van der Waals surface area contributed by atoms with Crippen LogP contribution in [0.4, 0.5) is 13.2 Å². The first-order valence-electron chi connectivity index (χ1n) is 7.21. The van der Waals surface area contributed by atoms with Gasteiger partial charge in [0.15, 0.2) is 0 Å². The lowest BCUT2D eigenvalue weighted by Gasteiger charge is -2.14. The molecule has 2 heterocycles. The summed E-state index contributed by atoms with van der Waals surface area (Å²) in [6.45, 7) is 1.20. The number of furan rings is 1. The lowest BCUT2D eigenvalue weighted by atomic mass is 10.2.